The Kier molecular flexibility index (Phi) is 5.22. The second-order valence-corrected chi connectivity index (χ2v) is 5.00. The van der Waals surface area contributed by atoms with Crippen molar-refractivity contribution in [3.05, 3.63) is 0 Å². The van der Waals surface area contributed by atoms with Gasteiger partial charge in [0.2, 0.25) is 5.91 Å². The molecule has 1 rings (SSSR count). The molecule has 0 radical (unpaired) electrons. The van der Waals surface area contributed by atoms with Crippen LogP contribution in [-0.2, 0) is 9.53 Å². The molecule has 4 nitrogen and oxygen atoms in total. The molecule has 2 atom stereocenters. The molecule has 94 valence electrons. The fourth-order valence-electron chi connectivity index (χ4n) is 2.01. The minimum Gasteiger partial charge on any atom is -0.378 e. The molecule has 0 spiro atoms. The maximum atomic E-state index is 12.0. The number of ether oxygens (including phenoxy) is 1. The van der Waals surface area contributed by atoms with E-state index in [4.69, 9.17) is 10.5 Å². The Hall–Kier alpha value is -0.610. The van der Waals surface area contributed by atoms with Crippen LogP contribution in [0.25, 0.3) is 0 Å². The number of hydrogen-bond donors (Lipinski definition) is 1. The average Bonchev–Trinajstić information content (AvgIpc) is 2.28. The molecule has 16 heavy (non-hydrogen) atoms. The topological polar surface area (TPSA) is 55.6 Å². The molecular formula is C12H24N2O2. The van der Waals surface area contributed by atoms with Gasteiger partial charge in [-0.3, -0.25) is 4.79 Å². The van der Waals surface area contributed by atoms with E-state index in [1.54, 1.807) is 0 Å². The molecular weight excluding hydrogens is 204 g/mol. The molecule has 1 amide bonds. The van der Waals surface area contributed by atoms with Crippen LogP contribution >= 0.6 is 0 Å². The number of morpholine rings is 1. The van der Waals surface area contributed by atoms with Gasteiger partial charge in [-0.2, -0.15) is 0 Å². The maximum absolute atomic E-state index is 12.0. The molecule has 1 aliphatic heterocycles. The van der Waals surface area contributed by atoms with Crippen LogP contribution < -0.4 is 5.73 Å². The van der Waals surface area contributed by atoms with Crippen molar-refractivity contribution in [2.45, 2.75) is 33.2 Å². The van der Waals surface area contributed by atoms with E-state index in [0.29, 0.717) is 25.6 Å². The summed E-state index contributed by atoms with van der Waals surface area (Å²) in [4.78, 5) is 13.8. The van der Waals surface area contributed by atoms with Crippen LogP contribution in [0.1, 0.15) is 27.2 Å². The first kappa shape index (κ1) is 13.5. The lowest BCUT2D eigenvalue weighted by atomic mass is 9.90. The van der Waals surface area contributed by atoms with E-state index in [0.717, 1.165) is 13.1 Å². The minimum absolute atomic E-state index is 0.102. The van der Waals surface area contributed by atoms with E-state index in [-0.39, 0.29) is 17.9 Å². The number of rotatable bonds is 4. The van der Waals surface area contributed by atoms with Crippen molar-refractivity contribution in [3.63, 3.8) is 0 Å². The summed E-state index contributed by atoms with van der Waals surface area (Å²) in [6.45, 7) is 9.03. The third-order valence-corrected chi connectivity index (χ3v) is 3.29. The number of hydrogen-bond acceptors (Lipinski definition) is 3. The van der Waals surface area contributed by atoms with Crippen molar-refractivity contribution < 1.29 is 9.53 Å². The first-order valence-electron chi connectivity index (χ1n) is 6.13. The van der Waals surface area contributed by atoms with Crippen LogP contribution in [0, 0.1) is 11.8 Å². The van der Waals surface area contributed by atoms with Gasteiger partial charge in [0.05, 0.1) is 13.2 Å². The number of carbonyl (C=O) groups is 1. The van der Waals surface area contributed by atoms with Crippen LogP contribution in [0.3, 0.4) is 0 Å². The number of nitrogens with zero attached hydrogens (tertiary/aromatic N) is 1. The zero-order valence-electron chi connectivity index (χ0n) is 10.6. The zero-order chi connectivity index (χ0) is 12.1. The van der Waals surface area contributed by atoms with E-state index in [9.17, 15) is 4.79 Å². The molecule has 0 aromatic heterocycles. The standard InChI is InChI=1S/C12H24N2O2/c1-9(2)12(13)10(3)8-11(15)14-4-6-16-7-5-14/h9-10,12H,4-8,13H2,1-3H3/t10-,12-/m0/s1. The van der Waals surface area contributed by atoms with Crippen LogP contribution in [0.4, 0.5) is 0 Å². The number of carbonyl (C=O) groups excluding carboxylic acids is 1. The second-order valence-electron chi connectivity index (χ2n) is 5.00. The van der Waals surface area contributed by atoms with E-state index < -0.39 is 0 Å². The highest BCUT2D eigenvalue weighted by atomic mass is 16.5. The molecule has 1 fully saturated rings. The van der Waals surface area contributed by atoms with Gasteiger partial charge < -0.3 is 15.4 Å². The lowest BCUT2D eigenvalue weighted by Crippen LogP contribution is -2.43. The summed E-state index contributed by atoms with van der Waals surface area (Å²) in [7, 11) is 0. The maximum Gasteiger partial charge on any atom is 0.223 e. The molecule has 1 saturated heterocycles. The fraction of sp³-hybridized carbons (Fsp3) is 0.917. The van der Waals surface area contributed by atoms with Gasteiger partial charge in [-0.1, -0.05) is 20.8 Å². The van der Waals surface area contributed by atoms with Crippen LogP contribution in [0.2, 0.25) is 0 Å². The average molecular weight is 228 g/mol. The zero-order valence-corrected chi connectivity index (χ0v) is 10.6. The Morgan fingerprint density at radius 1 is 1.31 bits per heavy atom. The normalized spacial score (nSPS) is 20.9. The summed E-state index contributed by atoms with van der Waals surface area (Å²) in [5, 5.41) is 0. The lowest BCUT2D eigenvalue weighted by Gasteiger charge is -2.29. The van der Waals surface area contributed by atoms with E-state index in [2.05, 4.69) is 20.8 Å². The van der Waals surface area contributed by atoms with Gasteiger partial charge in [-0.05, 0) is 11.8 Å². The summed E-state index contributed by atoms with van der Waals surface area (Å²) in [6, 6.07) is 0.102. The first-order chi connectivity index (χ1) is 7.52. The van der Waals surface area contributed by atoms with Crippen LogP contribution in [0.5, 0.6) is 0 Å². The second kappa shape index (κ2) is 6.21. The monoisotopic (exact) mass is 228 g/mol. The van der Waals surface area contributed by atoms with Gasteiger partial charge in [0, 0.05) is 25.6 Å². The minimum atomic E-state index is 0.102. The third-order valence-electron chi connectivity index (χ3n) is 3.29. The number of nitrogens with two attached hydrogens (primary N) is 1. The predicted molar refractivity (Wildman–Crippen MR) is 64.0 cm³/mol. The van der Waals surface area contributed by atoms with Gasteiger partial charge >= 0.3 is 0 Å². The summed E-state index contributed by atoms with van der Waals surface area (Å²) >= 11 is 0. The van der Waals surface area contributed by atoms with Crippen molar-refractivity contribution in [3.8, 4) is 0 Å². The third kappa shape index (κ3) is 3.76. The van der Waals surface area contributed by atoms with Gasteiger partial charge in [0.15, 0.2) is 0 Å². The van der Waals surface area contributed by atoms with Crippen LogP contribution in [0.15, 0.2) is 0 Å². The largest absolute Gasteiger partial charge is 0.378 e. The molecule has 0 aliphatic carbocycles. The highest BCUT2D eigenvalue weighted by Crippen LogP contribution is 2.15. The molecule has 2 N–H and O–H groups in total. The molecule has 0 unspecified atom stereocenters. The van der Waals surface area contributed by atoms with Crippen molar-refractivity contribution in [1.82, 2.24) is 4.90 Å². The van der Waals surface area contributed by atoms with Gasteiger partial charge in [-0.25, -0.2) is 0 Å². The summed E-state index contributed by atoms with van der Waals surface area (Å²) in [5.74, 6) is 0.884. The summed E-state index contributed by atoms with van der Waals surface area (Å²) < 4.78 is 5.22. The molecule has 1 heterocycles. The molecule has 0 saturated carbocycles. The lowest BCUT2D eigenvalue weighted by molar-refractivity contribution is -0.136. The Labute approximate surface area is 98.1 Å². The molecule has 0 bridgehead atoms. The predicted octanol–water partition coefficient (Wildman–Crippen LogP) is 0.855. The van der Waals surface area contributed by atoms with Crippen molar-refractivity contribution in [2.24, 2.45) is 17.6 Å². The molecule has 1 aliphatic rings. The quantitative estimate of drug-likeness (QED) is 0.776. The highest BCUT2D eigenvalue weighted by Gasteiger charge is 2.23. The Bertz CT molecular complexity index is 225. The number of amides is 1. The molecule has 0 aromatic rings. The van der Waals surface area contributed by atoms with E-state index in [1.165, 1.54) is 0 Å². The van der Waals surface area contributed by atoms with E-state index in [1.807, 2.05) is 4.90 Å². The Balaban J connectivity index is 2.37. The van der Waals surface area contributed by atoms with Gasteiger partial charge in [0.1, 0.15) is 0 Å². The van der Waals surface area contributed by atoms with Gasteiger partial charge in [0.25, 0.3) is 0 Å². The fourth-order valence-corrected chi connectivity index (χ4v) is 2.01. The van der Waals surface area contributed by atoms with Crippen molar-refractivity contribution >= 4 is 5.91 Å². The van der Waals surface area contributed by atoms with E-state index >= 15 is 0 Å². The molecule has 4 heteroatoms. The van der Waals surface area contributed by atoms with Crippen molar-refractivity contribution in [2.75, 3.05) is 26.3 Å². The van der Waals surface area contributed by atoms with Crippen LogP contribution in [-0.4, -0.2) is 43.2 Å². The smallest absolute Gasteiger partial charge is 0.223 e. The molecule has 0 aromatic carbocycles. The van der Waals surface area contributed by atoms with Gasteiger partial charge in [-0.15, -0.1) is 0 Å². The van der Waals surface area contributed by atoms with Crippen molar-refractivity contribution in [1.29, 1.82) is 0 Å². The SMILES string of the molecule is CC(C)[C@H](N)[C@@H](C)CC(=O)N1CCOCC1. The first-order valence-corrected chi connectivity index (χ1v) is 6.13. The highest BCUT2D eigenvalue weighted by molar-refractivity contribution is 5.76. The Morgan fingerprint density at radius 2 is 1.88 bits per heavy atom. The summed E-state index contributed by atoms with van der Waals surface area (Å²) in [5.41, 5.74) is 6.04. The Morgan fingerprint density at radius 3 is 2.38 bits per heavy atom. The summed E-state index contributed by atoms with van der Waals surface area (Å²) in [6.07, 6.45) is 0.555.